The number of aliphatic hydroxyl groups excluding tert-OH is 1. The highest BCUT2D eigenvalue weighted by molar-refractivity contribution is 9.09. The van der Waals surface area contributed by atoms with Gasteiger partial charge in [0.2, 0.25) is 76.1 Å². The van der Waals surface area contributed by atoms with Crippen molar-refractivity contribution in [2.45, 2.75) is 84.8 Å². The van der Waals surface area contributed by atoms with Gasteiger partial charge < -0.3 is 47.7 Å². The van der Waals surface area contributed by atoms with E-state index in [9.17, 15) is 139 Å². The minimum Gasteiger partial charge on any atom is -0.465 e. The van der Waals surface area contributed by atoms with Gasteiger partial charge in [0.1, 0.15) is 63.8 Å². The molecule has 3 atom stereocenters. The number of alkyl halides is 26. The van der Waals surface area contributed by atoms with Gasteiger partial charge in [-0.25, -0.2) is 115 Å². The molecule has 43 heteroatoms. The molecule has 2 aromatic rings. The fraction of sp³-hybridized carbons (Fsp3) is 0.672. The Bertz CT molecular complexity index is 1970. The van der Waals surface area contributed by atoms with E-state index in [1.54, 1.807) is 20.8 Å². The average molecular weight is 1670 g/mol. The minimum absolute atomic E-state index is 0.0185. The van der Waals surface area contributed by atoms with Crippen LogP contribution in [-0.2, 0) is 66.6 Å². The number of hydrogen-bond donors (Lipinski definition) is 1. The van der Waals surface area contributed by atoms with Crippen LogP contribution >= 0.6 is 31.9 Å². The summed E-state index contributed by atoms with van der Waals surface area (Å²) in [6, 6.07) is 19.7. The van der Waals surface area contributed by atoms with E-state index < -0.39 is 155 Å². The Morgan fingerprint density at radius 3 is 0.990 bits per heavy atom. The van der Waals surface area contributed by atoms with Crippen molar-refractivity contribution in [2.75, 3.05) is 149 Å². The first-order chi connectivity index (χ1) is 47.4. The lowest BCUT2D eigenvalue weighted by atomic mass is 9.86. The number of hydrogen-bond acceptors (Lipinski definition) is 17. The van der Waals surface area contributed by atoms with Crippen LogP contribution in [0.15, 0.2) is 60.7 Å². The summed E-state index contributed by atoms with van der Waals surface area (Å²) in [5.74, 6) is -2.42. The van der Waals surface area contributed by atoms with Gasteiger partial charge in [-0.1, -0.05) is 92.5 Å². The molecule has 2 aromatic carbocycles. The van der Waals surface area contributed by atoms with Crippen LogP contribution < -0.4 is 0 Å². The molecule has 604 valence electrons. The molecule has 1 aliphatic rings. The number of benzene rings is 2. The van der Waals surface area contributed by atoms with Crippen molar-refractivity contribution in [3.05, 3.63) is 71.8 Å². The Kier molecular flexibility index (Phi) is 110. The molecule has 3 unspecified atom stereocenters. The fourth-order valence-corrected chi connectivity index (χ4v) is 7.48. The molecule has 1 heterocycles. The first-order valence-electron chi connectivity index (χ1n) is 27.3. The number of carbonyl (C=O) groups is 7. The second-order valence-corrected chi connectivity index (χ2v) is 19.9. The van der Waals surface area contributed by atoms with E-state index in [2.05, 4.69) is 50.8 Å². The lowest BCUT2D eigenvalue weighted by molar-refractivity contribution is -0.166. The van der Waals surface area contributed by atoms with E-state index in [1.807, 2.05) is 88.4 Å². The van der Waals surface area contributed by atoms with Gasteiger partial charge in [0.05, 0.1) is 24.0 Å². The van der Waals surface area contributed by atoms with Crippen molar-refractivity contribution in [3.63, 3.8) is 0 Å². The predicted octanol–water partition coefficient (Wildman–Crippen LogP) is 18.8. The zero-order valence-corrected chi connectivity index (χ0v) is 59.4. The summed E-state index contributed by atoms with van der Waals surface area (Å²) < 4.78 is 280. The van der Waals surface area contributed by atoms with Crippen LogP contribution in [0.1, 0.15) is 95.9 Å². The maximum Gasteiger partial charge on any atom is 0.510 e. The summed E-state index contributed by atoms with van der Waals surface area (Å²) in [7, 11) is 0. The average Bonchev–Trinajstić information content (AvgIpc) is 0.866. The Morgan fingerprint density at radius 1 is 0.465 bits per heavy atom. The van der Waals surface area contributed by atoms with Crippen molar-refractivity contribution in [2.24, 2.45) is 21.7 Å². The number of esters is 5. The third-order valence-electron chi connectivity index (χ3n) is 9.26. The van der Waals surface area contributed by atoms with Crippen LogP contribution in [0.3, 0.4) is 0 Å². The summed E-state index contributed by atoms with van der Waals surface area (Å²) in [6.45, 7) is -7.28. The molecular weight excluding hydrogens is 1580 g/mol. The summed E-state index contributed by atoms with van der Waals surface area (Å²) in [5, 5.41) is 6.90. The smallest absolute Gasteiger partial charge is 0.465 e. The molecule has 0 spiro atoms. The minimum atomic E-state index is -1.75. The van der Waals surface area contributed by atoms with Gasteiger partial charge in [0.15, 0.2) is 6.86 Å². The van der Waals surface area contributed by atoms with E-state index in [-0.39, 0.29) is 61.2 Å². The van der Waals surface area contributed by atoms with Crippen molar-refractivity contribution in [1.29, 1.82) is 0 Å². The molecule has 101 heavy (non-hydrogen) atoms. The molecule has 3 rings (SSSR count). The third kappa shape index (κ3) is 91.6. The molecule has 1 fully saturated rings. The molecule has 1 saturated heterocycles. The van der Waals surface area contributed by atoms with Crippen LogP contribution in [-0.4, -0.2) is 196 Å². The van der Waals surface area contributed by atoms with Crippen LogP contribution in [0.25, 0.3) is 0 Å². The van der Waals surface area contributed by atoms with Crippen molar-refractivity contribution < 1.29 is 187 Å². The second-order valence-electron chi connectivity index (χ2n) is 17.7. The summed E-state index contributed by atoms with van der Waals surface area (Å²) in [5.41, 5.74) is -1.29. The third-order valence-corrected chi connectivity index (χ3v) is 11.0. The molecule has 0 aliphatic carbocycles. The number of cyclic esters (lactones) is 2. The zero-order valence-electron chi connectivity index (χ0n) is 56.2. The highest BCUT2D eigenvalue weighted by Crippen LogP contribution is 2.38. The molecule has 0 amide bonds. The largest absolute Gasteiger partial charge is 0.510 e. The van der Waals surface area contributed by atoms with E-state index in [0.717, 1.165) is 11.1 Å². The first-order valence-corrected chi connectivity index (χ1v) is 29.1. The molecular formula is C58H88Br2F24O17. The van der Waals surface area contributed by atoms with Gasteiger partial charge in [-0.2, -0.15) is 0 Å². The van der Waals surface area contributed by atoms with Gasteiger partial charge >= 0.3 is 42.2 Å². The summed E-state index contributed by atoms with van der Waals surface area (Å²) >= 11 is 7.15. The van der Waals surface area contributed by atoms with Gasteiger partial charge in [-0.3, -0.25) is 24.0 Å². The lowest BCUT2D eigenvalue weighted by Crippen LogP contribution is -2.44. The monoisotopic (exact) mass is 1670 g/mol. The molecule has 0 aromatic heterocycles. The van der Waals surface area contributed by atoms with Crippen molar-refractivity contribution in [3.8, 4) is 0 Å². The number of ether oxygens (including phenoxy) is 9. The van der Waals surface area contributed by atoms with E-state index in [0.29, 0.717) is 19.4 Å². The van der Waals surface area contributed by atoms with Crippen molar-refractivity contribution in [1.82, 2.24) is 0 Å². The number of rotatable bonds is 21. The van der Waals surface area contributed by atoms with Gasteiger partial charge in [-0.05, 0) is 79.4 Å². The molecule has 1 N–H and O–H groups in total. The number of aliphatic hydroxyl groups is 1. The highest BCUT2D eigenvalue weighted by atomic mass is 79.9. The lowest BCUT2D eigenvalue weighted by Gasteiger charge is -2.29. The van der Waals surface area contributed by atoms with Crippen LogP contribution in [0, 0.1) is 21.7 Å². The Balaban J connectivity index is -0.0000000913. The quantitative estimate of drug-likeness (QED) is 0.0531. The van der Waals surface area contributed by atoms with Gasteiger partial charge in [0.25, 0.3) is 0 Å². The van der Waals surface area contributed by atoms with Crippen LogP contribution in [0.2, 0.25) is 0 Å². The molecule has 0 saturated carbocycles. The molecule has 1 aliphatic heterocycles. The van der Waals surface area contributed by atoms with Crippen molar-refractivity contribution >= 4 is 74.0 Å². The standard InChI is InChI=1S/2C14H18BrFO2.C11H17FO7.C8H12O5.10CH2F2.CH3FO/c2*1-14(2,13(17)18-9-8-16)10-12(15)11-6-4-3-5-7-11;1-4-16-9(14)11(3,5-17-8(2)13)6-18-10(15)19-7-12;1-3-11-6(9)8(2)4-12-7(10)13-5-8;11*2-1-3/h2*3-7,12H,8-10H2,1-2H3;4-7H2,1-3H3;3-5H2,1-2H3;10*1H2;3H,1H2. The fourth-order valence-electron chi connectivity index (χ4n) is 5.25. The topological polar surface area (TPSA) is 223 Å². The number of carbonyl (C=O) groups excluding carboxylic acids is 7. The molecule has 0 bridgehead atoms. The van der Waals surface area contributed by atoms with Crippen LogP contribution in [0.4, 0.5) is 115 Å². The Labute approximate surface area is 586 Å². The summed E-state index contributed by atoms with van der Waals surface area (Å²) in [4.78, 5) is 78.9. The summed E-state index contributed by atoms with van der Waals surface area (Å²) in [6.07, 6.45) is -0.799. The van der Waals surface area contributed by atoms with E-state index in [4.69, 9.17) is 28.8 Å². The first kappa shape index (κ1) is 121. The maximum atomic E-state index is 12.0. The second kappa shape index (κ2) is 91.6. The molecule has 17 nitrogen and oxygen atoms in total. The van der Waals surface area contributed by atoms with Gasteiger partial charge in [-0.15, -0.1) is 0 Å². The molecule has 0 radical (unpaired) electrons. The SMILES string of the molecule is CC(C)(CC(Br)c1ccccc1)C(=O)OCCF.CC(C)(CC(Br)c1ccccc1)C(=O)OCCF.CCOC(=O)C(C)(COC(C)=O)COC(=O)OCF.CCOC(=O)C1(C)COC(=O)OC1.FCF.FCF.FCF.FCF.FCF.FCF.FCF.FCF.FCF.FCF.OCF. The predicted molar refractivity (Wildman–Crippen MR) is 328 cm³/mol. The van der Waals surface area contributed by atoms with Gasteiger partial charge in [0, 0.05) is 16.6 Å². The van der Waals surface area contributed by atoms with Crippen LogP contribution in [0.5, 0.6) is 0 Å². The highest BCUT2D eigenvalue weighted by Gasteiger charge is 2.42. The Hall–Kier alpha value is -6.43. The van der Waals surface area contributed by atoms with E-state index >= 15 is 0 Å². The Morgan fingerprint density at radius 2 is 0.743 bits per heavy atom. The zero-order chi connectivity index (χ0) is 81.8. The number of halogens is 26. The normalized spacial score (nSPS) is 11.7. The maximum absolute atomic E-state index is 12.0. The van der Waals surface area contributed by atoms with E-state index in [1.165, 1.54) is 13.8 Å².